The Hall–Kier alpha value is -1.19. The number of hydrogen-bond acceptors (Lipinski definition) is 3. The average Bonchev–Trinajstić information content (AvgIpc) is 2.76. The highest BCUT2D eigenvalue weighted by atomic mass is 32.1. The van der Waals surface area contributed by atoms with Crippen LogP contribution in [0.3, 0.4) is 0 Å². The van der Waals surface area contributed by atoms with E-state index >= 15 is 0 Å². The molecule has 0 saturated heterocycles. The molecule has 3 rings (SSSR count). The summed E-state index contributed by atoms with van der Waals surface area (Å²) in [6.45, 7) is 3.08. The summed E-state index contributed by atoms with van der Waals surface area (Å²) in [4.78, 5) is 5.66. The molecule has 0 bridgehead atoms. The fourth-order valence-electron chi connectivity index (χ4n) is 2.50. The molecule has 1 N–H and O–H groups in total. The molecule has 3 heteroatoms. The number of nitrogens with zero attached hydrogens (tertiary/aromatic N) is 1. The van der Waals surface area contributed by atoms with Crippen LogP contribution in [0.25, 0.3) is 0 Å². The molecule has 2 nitrogen and oxygen atoms in total. The molecule has 0 aliphatic heterocycles. The molecule has 1 saturated carbocycles. The second-order valence-corrected chi connectivity index (χ2v) is 6.05. The molecular weight excluding hydrogens is 240 g/mol. The summed E-state index contributed by atoms with van der Waals surface area (Å²) in [6, 6.07) is 6.46. The predicted molar refractivity (Wildman–Crippen MR) is 75.7 cm³/mol. The highest BCUT2D eigenvalue weighted by Gasteiger charge is 2.39. The number of aryl methyl sites for hydroxylation is 1. The summed E-state index contributed by atoms with van der Waals surface area (Å²) in [5.41, 5.74) is 2.87. The van der Waals surface area contributed by atoms with Gasteiger partial charge in [-0.15, -0.1) is 11.3 Å². The van der Waals surface area contributed by atoms with Crippen molar-refractivity contribution in [2.24, 2.45) is 0 Å². The Morgan fingerprint density at radius 1 is 1.44 bits per heavy atom. The number of nitrogens with one attached hydrogen (secondary N) is 1. The molecule has 0 radical (unpaired) electrons. The van der Waals surface area contributed by atoms with Crippen LogP contribution in [0.15, 0.2) is 36.0 Å². The fraction of sp³-hybridized carbons (Fsp3) is 0.400. The number of thiophene rings is 1. The lowest BCUT2D eigenvalue weighted by Gasteiger charge is -2.42. The molecule has 0 spiro atoms. The maximum absolute atomic E-state index is 4.17. The SMILES string of the molecule is Cc1csc(C2(NCc3cccnc3)CCC2)c1. The van der Waals surface area contributed by atoms with Crippen LogP contribution in [0.4, 0.5) is 0 Å². The highest BCUT2D eigenvalue weighted by Crippen LogP contribution is 2.44. The van der Waals surface area contributed by atoms with Gasteiger partial charge in [-0.25, -0.2) is 0 Å². The zero-order valence-electron chi connectivity index (χ0n) is 10.6. The topological polar surface area (TPSA) is 24.9 Å². The molecule has 1 aliphatic carbocycles. The molecule has 2 heterocycles. The Balaban J connectivity index is 1.73. The van der Waals surface area contributed by atoms with Crippen molar-refractivity contribution in [2.45, 2.75) is 38.3 Å². The predicted octanol–water partition coefficient (Wildman–Crippen LogP) is 3.62. The maximum Gasteiger partial charge on any atom is 0.0531 e. The average molecular weight is 258 g/mol. The van der Waals surface area contributed by atoms with Gasteiger partial charge in [-0.3, -0.25) is 4.98 Å². The quantitative estimate of drug-likeness (QED) is 0.906. The smallest absolute Gasteiger partial charge is 0.0531 e. The van der Waals surface area contributed by atoms with Gasteiger partial charge in [-0.2, -0.15) is 0 Å². The van der Waals surface area contributed by atoms with Gasteiger partial charge in [-0.05, 0) is 54.8 Å². The first-order valence-corrected chi connectivity index (χ1v) is 7.36. The van der Waals surface area contributed by atoms with Crippen LogP contribution in [0, 0.1) is 6.92 Å². The van der Waals surface area contributed by atoms with Gasteiger partial charge in [-0.1, -0.05) is 6.07 Å². The number of aromatic nitrogens is 1. The van der Waals surface area contributed by atoms with E-state index in [1.54, 1.807) is 0 Å². The first kappa shape index (κ1) is 11.9. The lowest BCUT2D eigenvalue weighted by molar-refractivity contribution is 0.188. The van der Waals surface area contributed by atoms with Crippen molar-refractivity contribution >= 4 is 11.3 Å². The molecule has 2 aromatic rings. The van der Waals surface area contributed by atoms with Crippen LogP contribution in [0.1, 0.15) is 35.3 Å². The molecule has 18 heavy (non-hydrogen) atoms. The van der Waals surface area contributed by atoms with Crippen molar-refractivity contribution in [1.29, 1.82) is 0 Å². The minimum absolute atomic E-state index is 0.231. The van der Waals surface area contributed by atoms with Gasteiger partial charge in [0.2, 0.25) is 0 Å². The first-order chi connectivity index (χ1) is 8.78. The summed E-state index contributed by atoms with van der Waals surface area (Å²) < 4.78 is 0. The Labute approximate surface area is 112 Å². The molecule has 1 aliphatic rings. The molecule has 2 aromatic heterocycles. The second kappa shape index (κ2) is 4.82. The van der Waals surface area contributed by atoms with Gasteiger partial charge in [0.1, 0.15) is 0 Å². The third kappa shape index (κ3) is 2.20. The van der Waals surface area contributed by atoms with Gasteiger partial charge in [0.05, 0.1) is 5.54 Å². The van der Waals surface area contributed by atoms with Gasteiger partial charge in [0.15, 0.2) is 0 Å². The monoisotopic (exact) mass is 258 g/mol. The number of rotatable bonds is 4. The van der Waals surface area contributed by atoms with Gasteiger partial charge < -0.3 is 5.32 Å². The van der Waals surface area contributed by atoms with E-state index in [9.17, 15) is 0 Å². The van der Waals surface area contributed by atoms with Crippen molar-refractivity contribution in [3.63, 3.8) is 0 Å². The Morgan fingerprint density at radius 3 is 2.89 bits per heavy atom. The summed E-state index contributed by atoms with van der Waals surface area (Å²) in [5.74, 6) is 0. The van der Waals surface area contributed by atoms with E-state index in [2.05, 4.69) is 34.7 Å². The normalized spacial score (nSPS) is 17.4. The van der Waals surface area contributed by atoms with Crippen LogP contribution >= 0.6 is 11.3 Å². The third-order valence-electron chi connectivity index (χ3n) is 3.76. The lowest BCUT2D eigenvalue weighted by Crippen LogP contribution is -2.47. The molecule has 0 aromatic carbocycles. The van der Waals surface area contributed by atoms with E-state index in [4.69, 9.17) is 0 Å². The van der Waals surface area contributed by atoms with E-state index < -0.39 is 0 Å². The number of hydrogen-bond donors (Lipinski definition) is 1. The van der Waals surface area contributed by atoms with Crippen LogP contribution in [0.2, 0.25) is 0 Å². The van der Waals surface area contributed by atoms with E-state index in [1.165, 1.54) is 35.3 Å². The van der Waals surface area contributed by atoms with Gasteiger partial charge in [0, 0.05) is 23.8 Å². The molecule has 0 amide bonds. The molecule has 94 valence electrons. The van der Waals surface area contributed by atoms with Crippen molar-refractivity contribution < 1.29 is 0 Å². The second-order valence-electron chi connectivity index (χ2n) is 5.14. The fourth-order valence-corrected chi connectivity index (χ4v) is 3.63. The van der Waals surface area contributed by atoms with E-state index in [1.807, 2.05) is 29.8 Å². The largest absolute Gasteiger partial charge is 0.303 e. The minimum atomic E-state index is 0.231. The third-order valence-corrected chi connectivity index (χ3v) is 5.02. The summed E-state index contributed by atoms with van der Waals surface area (Å²) in [6.07, 6.45) is 7.61. The first-order valence-electron chi connectivity index (χ1n) is 6.48. The summed E-state index contributed by atoms with van der Waals surface area (Å²) in [7, 11) is 0. The van der Waals surface area contributed by atoms with E-state index in [0.29, 0.717) is 0 Å². The van der Waals surface area contributed by atoms with E-state index in [-0.39, 0.29) is 5.54 Å². The lowest BCUT2D eigenvalue weighted by atomic mass is 9.75. The van der Waals surface area contributed by atoms with E-state index in [0.717, 1.165) is 6.54 Å². The maximum atomic E-state index is 4.17. The molecule has 1 fully saturated rings. The standard InChI is InChI=1S/C15H18N2S/c1-12-8-14(18-11-12)15(5-3-6-15)17-10-13-4-2-7-16-9-13/h2,4,7-9,11,17H,3,5-6,10H2,1H3. The molecule has 0 unspecified atom stereocenters. The van der Waals surface area contributed by atoms with Gasteiger partial charge in [0.25, 0.3) is 0 Å². The molecule has 0 atom stereocenters. The van der Waals surface area contributed by atoms with Crippen molar-refractivity contribution in [3.8, 4) is 0 Å². The Kier molecular flexibility index (Phi) is 3.18. The molecular formula is C15H18N2S. The Morgan fingerprint density at radius 2 is 2.33 bits per heavy atom. The number of pyridine rings is 1. The zero-order valence-corrected chi connectivity index (χ0v) is 11.5. The summed E-state index contributed by atoms with van der Waals surface area (Å²) in [5, 5.41) is 6.00. The van der Waals surface area contributed by atoms with Gasteiger partial charge >= 0.3 is 0 Å². The van der Waals surface area contributed by atoms with Crippen molar-refractivity contribution in [2.75, 3.05) is 0 Å². The van der Waals surface area contributed by atoms with Crippen molar-refractivity contribution in [3.05, 3.63) is 52.0 Å². The Bertz CT molecular complexity index is 514. The van der Waals surface area contributed by atoms with Crippen LogP contribution in [0.5, 0.6) is 0 Å². The zero-order chi connectivity index (χ0) is 12.4. The van der Waals surface area contributed by atoms with Crippen molar-refractivity contribution in [1.82, 2.24) is 10.3 Å². The van der Waals surface area contributed by atoms with Crippen LogP contribution < -0.4 is 5.32 Å². The van der Waals surface area contributed by atoms with Crippen LogP contribution in [-0.4, -0.2) is 4.98 Å². The van der Waals surface area contributed by atoms with Crippen LogP contribution in [-0.2, 0) is 12.1 Å². The highest BCUT2D eigenvalue weighted by molar-refractivity contribution is 7.10. The summed E-state index contributed by atoms with van der Waals surface area (Å²) >= 11 is 1.89. The minimum Gasteiger partial charge on any atom is -0.303 e.